The van der Waals surface area contributed by atoms with E-state index in [4.69, 9.17) is 14.6 Å². The Morgan fingerprint density at radius 1 is 1.08 bits per heavy atom. The van der Waals surface area contributed by atoms with Crippen LogP contribution in [0.3, 0.4) is 0 Å². The Labute approximate surface area is 140 Å². The molecule has 0 radical (unpaired) electrons. The van der Waals surface area contributed by atoms with Crippen LogP contribution in [0.2, 0.25) is 0 Å². The number of carbonyl (C=O) groups is 2. The van der Waals surface area contributed by atoms with Crippen molar-refractivity contribution in [1.29, 1.82) is 0 Å². The number of rotatable bonds is 4. The molecule has 24 heavy (non-hydrogen) atoms. The molecule has 1 aliphatic heterocycles. The Balaban J connectivity index is 1.57. The quantitative estimate of drug-likeness (QED) is 0.882. The van der Waals surface area contributed by atoms with Gasteiger partial charge in [-0.15, -0.1) is 0 Å². The second kappa shape index (κ2) is 5.69. The van der Waals surface area contributed by atoms with E-state index in [0.717, 1.165) is 37.0 Å². The molecule has 1 aromatic carbocycles. The first-order valence-electron chi connectivity index (χ1n) is 8.54. The number of carboxylic acids is 1. The highest BCUT2D eigenvalue weighted by molar-refractivity contribution is 5.90. The minimum absolute atomic E-state index is 0.140. The van der Waals surface area contributed by atoms with Gasteiger partial charge in [-0.05, 0) is 37.0 Å². The van der Waals surface area contributed by atoms with E-state index in [2.05, 4.69) is 5.32 Å². The van der Waals surface area contributed by atoms with E-state index in [1.807, 2.05) is 18.2 Å². The van der Waals surface area contributed by atoms with Crippen LogP contribution in [0.5, 0.6) is 11.5 Å². The van der Waals surface area contributed by atoms with E-state index >= 15 is 0 Å². The molecule has 6 heteroatoms. The van der Waals surface area contributed by atoms with Crippen LogP contribution in [-0.4, -0.2) is 30.2 Å². The molecule has 1 amide bonds. The van der Waals surface area contributed by atoms with Gasteiger partial charge < -0.3 is 19.9 Å². The lowest BCUT2D eigenvalue weighted by Crippen LogP contribution is -2.45. The largest absolute Gasteiger partial charge is 0.486 e. The highest BCUT2D eigenvalue weighted by Gasteiger charge is 2.50. The van der Waals surface area contributed by atoms with Crippen molar-refractivity contribution in [2.45, 2.75) is 37.6 Å². The molecule has 2 saturated carbocycles. The standard InChI is InChI=1S/C18H21NO5/c20-16(12-10-13(12)17(21)22)19-18(5-1-2-6-18)11-3-4-14-15(9-11)24-8-7-23-14/h3-4,9,12-13H,1-2,5-8,10H2,(H,19,20)(H,21,22). The molecule has 2 unspecified atom stereocenters. The predicted octanol–water partition coefficient (Wildman–Crippen LogP) is 2.06. The minimum atomic E-state index is -0.880. The van der Waals surface area contributed by atoms with Crippen LogP contribution < -0.4 is 14.8 Å². The van der Waals surface area contributed by atoms with Crippen molar-refractivity contribution in [2.24, 2.45) is 11.8 Å². The predicted molar refractivity (Wildman–Crippen MR) is 85.0 cm³/mol. The van der Waals surface area contributed by atoms with Crippen molar-refractivity contribution >= 4 is 11.9 Å². The van der Waals surface area contributed by atoms with Crippen LogP contribution in [0.4, 0.5) is 0 Å². The first-order valence-corrected chi connectivity index (χ1v) is 8.54. The zero-order valence-corrected chi connectivity index (χ0v) is 13.4. The van der Waals surface area contributed by atoms with Crippen molar-refractivity contribution in [1.82, 2.24) is 5.32 Å². The Morgan fingerprint density at radius 3 is 2.46 bits per heavy atom. The molecule has 0 bridgehead atoms. The maximum atomic E-state index is 12.5. The molecular formula is C18H21NO5. The summed E-state index contributed by atoms with van der Waals surface area (Å²) in [7, 11) is 0. The topological polar surface area (TPSA) is 84.9 Å². The summed E-state index contributed by atoms with van der Waals surface area (Å²) in [5, 5.41) is 12.2. The van der Waals surface area contributed by atoms with Crippen molar-refractivity contribution < 1.29 is 24.2 Å². The fourth-order valence-corrected chi connectivity index (χ4v) is 3.89. The smallest absolute Gasteiger partial charge is 0.307 e. The van der Waals surface area contributed by atoms with Crippen LogP contribution in [0.15, 0.2) is 18.2 Å². The number of aliphatic carboxylic acids is 1. The molecule has 0 saturated heterocycles. The normalized spacial score (nSPS) is 26.7. The summed E-state index contributed by atoms with van der Waals surface area (Å²) in [6.07, 6.45) is 4.26. The minimum Gasteiger partial charge on any atom is -0.486 e. The molecule has 128 valence electrons. The Kier molecular flexibility index (Phi) is 3.62. The molecule has 1 aromatic rings. The molecule has 1 heterocycles. The third-order valence-corrected chi connectivity index (χ3v) is 5.36. The number of carboxylic acid groups (broad SMARTS) is 1. The molecule has 2 aliphatic carbocycles. The van der Waals surface area contributed by atoms with Gasteiger partial charge in [0.15, 0.2) is 11.5 Å². The number of hydrogen-bond donors (Lipinski definition) is 2. The number of ether oxygens (including phenoxy) is 2. The Hall–Kier alpha value is -2.24. The highest BCUT2D eigenvalue weighted by Crippen LogP contribution is 2.45. The van der Waals surface area contributed by atoms with Crippen LogP contribution >= 0.6 is 0 Å². The SMILES string of the molecule is O=C(O)C1CC1C(=O)NC1(c2ccc3c(c2)OCCO3)CCCC1. The lowest BCUT2D eigenvalue weighted by atomic mass is 9.87. The fraction of sp³-hybridized carbons (Fsp3) is 0.556. The summed E-state index contributed by atoms with van der Waals surface area (Å²) < 4.78 is 11.2. The lowest BCUT2D eigenvalue weighted by molar-refractivity contribution is -0.140. The van der Waals surface area contributed by atoms with Gasteiger partial charge in [0.05, 0.1) is 17.4 Å². The van der Waals surface area contributed by atoms with Gasteiger partial charge in [0.2, 0.25) is 5.91 Å². The van der Waals surface area contributed by atoms with E-state index in [0.29, 0.717) is 25.4 Å². The first-order chi connectivity index (χ1) is 11.6. The lowest BCUT2D eigenvalue weighted by Gasteiger charge is -2.32. The van der Waals surface area contributed by atoms with E-state index in [9.17, 15) is 9.59 Å². The first kappa shape index (κ1) is 15.3. The molecule has 3 aliphatic rings. The number of amides is 1. The number of hydrogen-bond acceptors (Lipinski definition) is 4. The monoisotopic (exact) mass is 331 g/mol. The number of benzene rings is 1. The van der Waals surface area contributed by atoms with Gasteiger partial charge in [0.25, 0.3) is 0 Å². The molecule has 4 rings (SSSR count). The van der Waals surface area contributed by atoms with E-state index in [1.54, 1.807) is 0 Å². The zero-order valence-electron chi connectivity index (χ0n) is 13.4. The van der Waals surface area contributed by atoms with Crippen molar-refractivity contribution in [3.05, 3.63) is 23.8 Å². The molecular weight excluding hydrogens is 310 g/mol. The van der Waals surface area contributed by atoms with Gasteiger partial charge >= 0.3 is 5.97 Å². The van der Waals surface area contributed by atoms with Crippen molar-refractivity contribution in [2.75, 3.05) is 13.2 Å². The Bertz CT molecular complexity index is 680. The van der Waals surface area contributed by atoms with Crippen LogP contribution in [0.1, 0.15) is 37.7 Å². The molecule has 2 fully saturated rings. The van der Waals surface area contributed by atoms with E-state index in [-0.39, 0.29) is 5.91 Å². The average molecular weight is 331 g/mol. The van der Waals surface area contributed by atoms with Gasteiger partial charge in [-0.1, -0.05) is 18.9 Å². The fourth-order valence-electron chi connectivity index (χ4n) is 3.89. The van der Waals surface area contributed by atoms with E-state index in [1.165, 1.54) is 0 Å². The summed E-state index contributed by atoms with van der Waals surface area (Å²) in [5.41, 5.74) is 0.601. The van der Waals surface area contributed by atoms with Crippen molar-refractivity contribution in [3.63, 3.8) is 0 Å². The summed E-state index contributed by atoms with van der Waals surface area (Å²) in [6.45, 7) is 1.07. The maximum absolute atomic E-state index is 12.5. The second-order valence-corrected chi connectivity index (χ2v) is 6.92. The Morgan fingerprint density at radius 2 is 1.79 bits per heavy atom. The average Bonchev–Trinajstić information content (AvgIpc) is 3.28. The van der Waals surface area contributed by atoms with Crippen LogP contribution in [0, 0.1) is 11.8 Å². The van der Waals surface area contributed by atoms with Crippen LogP contribution in [0.25, 0.3) is 0 Å². The molecule has 6 nitrogen and oxygen atoms in total. The molecule has 2 atom stereocenters. The summed E-state index contributed by atoms with van der Waals surface area (Å²) in [5.74, 6) is -0.484. The van der Waals surface area contributed by atoms with Gasteiger partial charge in [0.1, 0.15) is 13.2 Å². The number of carbonyl (C=O) groups excluding carboxylic acids is 1. The number of fused-ring (bicyclic) bond motifs is 1. The molecule has 0 aromatic heterocycles. The van der Waals surface area contributed by atoms with E-state index < -0.39 is 23.3 Å². The number of nitrogens with one attached hydrogen (secondary N) is 1. The van der Waals surface area contributed by atoms with Gasteiger partial charge in [0, 0.05) is 0 Å². The second-order valence-electron chi connectivity index (χ2n) is 6.92. The van der Waals surface area contributed by atoms with Crippen molar-refractivity contribution in [3.8, 4) is 11.5 Å². The summed E-state index contributed by atoms with van der Waals surface area (Å²) in [6, 6.07) is 5.84. The van der Waals surface area contributed by atoms with Gasteiger partial charge in [-0.2, -0.15) is 0 Å². The van der Waals surface area contributed by atoms with Crippen LogP contribution in [-0.2, 0) is 15.1 Å². The zero-order chi connectivity index (χ0) is 16.7. The third-order valence-electron chi connectivity index (χ3n) is 5.36. The molecule has 0 spiro atoms. The third kappa shape index (κ3) is 2.60. The van der Waals surface area contributed by atoms with Gasteiger partial charge in [-0.25, -0.2) is 0 Å². The van der Waals surface area contributed by atoms with Gasteiger partial charge in [-0.3, -0.25) is 9.59 Å². The maximum Gasteiger partial charge on any atom is 0.307 e. The summed E-state index contributed by atoms with van der Waals surface area (Å²) in [4.78, 5) is 23.5. The highest BCUT2D eigenvalue weighted by atomic mass is 16.6. The molecule has 2 N–H and O–H groups in total. The summed E-state index contributed by atoms with van der Waals surface area (Å²) >= 11 is 0.